The molecule has 0 atom stereocenters. The van der Waals surface area contributed by atoms with Crippen LogP contribution in [-0.4, -0.2) is 38.7 Å². The number of hydrogen-bond donors (Lipinski definition) is 0. The third-order valence-corrected chi connectivity index (χ3v) is 4.74. The van der Waals surface area contributed by atoms with E-state index in [-0.39, 0.29) is 36.2 Å². The molecule has 0 heterocycles. The normalized spacial score (nSPS) is 10.6. The highest BCUT2D eigenvalue weighted by molar-refractivity contribution is 6.00. The van der Waals surface area contributed by atoms with Gasteiger partial charge in [0.2, 0.25) is 11.5 Å². The molecule has 0 radical (unpaired) electrons. The van der Waals surface area contributed by atoms with E-state index in [1.54, 1.807) is 24.3 Å². The molecule has 0 saturated heterocycles. The van der Waals surface area contributed by atoms with Gasteiger partial charge in [-0.2, -0.15) is 0 Å². The van der Waals surface area contributed by atoms with Crippen LogP contribution in [0.5, 0.6) is 23.0 Å². The zero-order chi connectivity index (χ0) is 24.8. The van der Waals surface area contributed by atoms with E-state index in [2.05, 4.69) is 0 Å². The largest absolute Gasteiger partial charge is 0.513 e. The zero-order valence-corrected chi connectivity index (χ0v) is 20.6. The zero-order valence-electron chi connectivity index (χ0n) is 20.6. The number of fused-ring (bicyclic) bond motifs is 1. The Morgan fingerprint density at radius 1 is 0.588 bits per heavy atom. The number of carbonyl (C=O) groups excluding carboxylic acids is 2. The van der Waals surface area contributed by atoms with Gasteiger partial charge in [-0.15, -0.1) is 0 Å². The molecule has 0 fully saturated rings. The molecule has 0 amide bonds. The van der Waals surface area contributed by atoms with Gasteiger partial charge in [-0.1, -0.05) is 64.8 Å². The monoisotopic (exact) mass is 476 g/mol. The quantitative estimate of drug-likeness (QED) is 0.163. The Morgan fingerprint density at radius 3 is 1.35 bits per heavy atom. The van der Waals surface area contributed by atoms with Crippen LogP contribution in [0.3, 0.4) is 0 Å². The van der Waals surface area contributed by atoms with Crippen LogP contribution < -0.4 is 18.9 Å². The lowest BCUT2D eigenvalue weighted by Gasteiger charge is -2.21. The van der Waals surface area contributed by atoms with Crippen molar-refractivity contribution in [2.24, 2.45) is 0 Å². The average molecular weight is 477 g/mol. The Labute approximate surface area is 201 Å². The minimum Gasteiger partial charge on any atom is -0.486 e. The Balaban J connectivity index is 2.59. The molecule has 0 aliphatic rings. The van der Waals surface area contributed by atoms with Crippen molar-refractivity contribution >= 4 is 23.1 Å². The Kier molecular flexibility index (Phi) is 11.9. The smallest absolute Gasteiger partial charge is 0.486 e. The summed E-state index contributed by atoms with van der Waals surface area (Å²) in [5.74, 6) is 0.669. The first-order chi connectivity index (χ1) is 16.6. The first-order valence-corrected chi connectivity index (χ1v) is 12.1. The number of carbonyl (C=O) groups is 2. The van der Waals surface area contributed by atoms with Gasteiger partial charge < -0.3 is 28.4 Å². The highest BCUT2D eigenvalue weighted by atomic mass is 16.7. The number of hydrogen-bond acceptors (Lipinski definition) is 8. The van der Waals surface area contributed by atoms with E-state index >= 15 is 0 Å². The summed E-state index contributed by atoms with van der Waals surface area (Å²) in [5, 5.41) is 1.03. The Hall–Kier alpha value is -3.16. The van der Waals surface area contributed by atoms with Gasteiger partial charge in [-0.3, -0.25) is 0 Å². The van der Waals surface area contributed by atoms with Gasteiger partial charge in [0, 0.05) is 10.8 Å². The second kappa shape index (κ2) is 14.9. The molecule has 2 aromatic carbocycles. The molecule has 0 aliphatic carbocycles. The molecule has 0 aliphatic heterocycles. The van der Waals surface area contributed by atoms with Gasteiger partial charge >= 0.3 is 12.3 Å². The van der Waals surface area contributed by atoms with Crippen molar-refractivity contribution in [1.82, 2.24) is 0 Å². The van der Waals surface area contributed by atoms with Crippen molar-refractivity contribution in [3.63, 3.8) is 0 Å². The number of ether oxygens (including phenoxy) is 6. The highest BCUT2D eigenvalue weighted by Gasteiger charge is 2.28. The molecule has 0 saturated carbocycles. The summed E-state index contributed by atoms with van der Waals surface area (Å²) in [4.78, 5) is 24.9. The third kappa shape index (κ3) is 7.71. The van der Waals surface area contributed by atoms with Crippen LogP contribution in [0.25, 0.3) is 10.8 Å². The fraction of sp³-hybridized carbons (Fsp3) is 0.538. The summed E-state index contributed by atoms with van der Waals surface area (Å²) < 4.78 is 33.6. The van der Waals surface area contributed by atoms with Crippen LogP contribution in [0, 0.1) is 0 Å². The molecule has 0 aromatic heterocycles. The summed E-state index contributed by atoms with van der Waals surface area (Å²) >= 11 is 0. The van der Waals surface area contributed by atoms with Gasteiger partial charge in [0.25, 0.3) is 0 Å². The lowest BCUT2D eigenvalue weighted by molar-refractivity contribution is 0.0935. The minimum atomic E-state index is -0.839. The fourth-order valence-electron chi connectivity index (χ4n) is 3.03. The van der Waals surface area contributed by atoms with Crippen LogP contribution >= 0.6 is 0 Å². The molecule has 0 N–H and O–H groups in total. The molecular weight excluding hydrogens is 440 g/mol. The molecule has 0 unspecified atom stereocenters. The van der Waals surface area contributed by atoms with Gasteiger partial charge in [0.1, 0.15) is 0 Å². The molecule has 2 rings (SSSR count). The van der Waals surface area contributed by atoms with Gasteiger partial charge in [0.15, 0.2) is 11.5 Å². The summed E-state index contributed by atoms with van der Waals surface area (Å²) in [6, 6.07) is 7.08. The van der Waals surface area contributed by atoms with Gasteiger partial charge in [-0.25, -0.2) is 9.59 Å². The first-order valence-electron chi connectivity index (χ1n) is 12.1. The summed E-state index contributed by atoms with van der Waals surface area (Å²) in [6.07, 6.45) is 2.96. The highest BCUT2D eigenvalue weighted by Crippen LogP contribution is 2.51. The van der Waals surface area contributed by atoms with Crippen molar-refractivity contribution in [3.05, 3.63) is 24.3 Å². The van der Waals surface area contributed by atoms with Gasteiger partial charge in [-0.05, 0) is 25.7 Å². The standard InChI is InChI=1S/C26H36O8/c1-5-9-17-31-25(27)33-21-19-13-11-12-14-20(19)22(34-26(28)32-18-10-6-2)24(30-16-8-4)23(21)29-15-7-3/h11-14H,5-10,15-18H2,1-4H3. The van der Waals surface area contributed by atoms with E-state index in [1.165, 1.54) is 0 Å². The van der Waals surface area contributed by atoms with Crippen molar-refractivity contribution in [2.45, 2.75) is 66.2 Å². The molecule has 34 heavy (non-hydrogen) atoms. The Morgan fingerprint density at radius 2 is 1.00 bits per heavy atom. The van der Waals surface area contributed by atoms with E-state index in [0.29, 0.717) is 36.8 Å². The van der Waals surface area contributed by atoms with Crippen molar-refractivity contribution in [3.8, 4) is 23.0 Å². The number of rotatable bonds is 14. The van der Waals surface area contributed by atoms with Crippen molar-refractivity contribution in [1.29, 1.82) is 0 Å². The third-order valence-electron chi connectivity index (χ3n) is 4.74. The predicted molar refractivity (Wildman–Crippen MR) is 129 cm³/mol. The van der Waals surface area contributed by atoms with Gasteiger partial charge in [0.05, 0.1) is 26.4 Å². The minimum absolute atomic E-state index is 0.156. The molecule has 2 aromatic rings. The molecule has 8 heteroatoms. The number of benzene rings is 2. The first kappa shape index (κ1) is 27.1. The second-order valence-corrected chi connectivity index (χ2v) is 7.67. The SMILES string of the molecule is CCCCOC(=O)Oc1c(OCCC)c(OCCC)c(OC(=O)OCCCC)c2ccccc12. The Bertz CT molecular complexity index is 850. The van der Waals surface area contributed by atoms with E-state index in [9.17, 15) is 9.59 Å². The van der Waals surface area contributed by atoms with Crippen molar-refractivity contribution in [2.75, 3.05) is 26.4 Å². The van der Waals surface area contributed by atoms with E-state index in [4.69, 9.17) is 28.4 Å². The lowest BCUT2D eigenvalue weighted by atomic mass is 10.1. The summed E-state index contributed by atoms with van der Waals surface area (Å²) in [6.45, 7) is 9.09. The summed E-state index contributed by atoms with van der Waals surface area (Å²) in [7, 11) is 0. The lowest BCUT2D eigenvalue weighted by Crippen LogP contribution is -2.15. The van der Waals surface area contributed by atoms with Crippen LogP contribution in [-0.2, 0) is 9.47 Å². The van der Waals surface area contributed by atoms with Crippen LogP contribution in [0.4, 0.5) is 9.59 Å². The van der Waals surface area contributed by atoms with E-state index < -0.39 is 12.3 Å². The fourth-order valence-corrected chi connectivity index (χ4v) is 3.03. The topological polar surface area (TPSA) is 89.5 Å². The van der Waals surface area contributed by atoms with Crippen LogP contribution in [0.1, 0.15) is 66.2 Å². The van der Waals surface area contributed by atoms with Crippen molar-refractivity contribution < 1.29 is 38.0 Å². The van der Waals surface area contributed by atoms with E-state index in [1.807, 2.05) is 27.7 Å². The average Bonchev–Trinajstić information content (AvgIpc) is 2.84. The maximum atomic E-state index is 12.4. The van der Waals surface area contributed by atoms with Crippen LogP contribution in [0.15, 0.2) is 24.3 Å². The predicted octanol–water partition coefficient (Wildman–Crippen LogP) is 7.05. The molecule has 188 valence electrons. The maximum absolute atomic E-state index is 12.4. The molecule has 0 bridgehead atoms. The molecule has 0 spiro atoms. The van der Waals surface area contributed by atoms with E-state index in [0.717, 1.165) is 25.7 Å². The maximum Gasteiger partial charge on any atom is 0.513 e. The molecule has 8 nitrogen and oxygen atoms in total. The second-order valence-electron chi connectivity index (χ2n) is 7.67. The molecular formula is C26H36O8. The summed E-state index contributed by atoms with van der Waals surface area (Å²) in [5.41, 5.74) is 0. The van der Waals surface area contributed by atoms with Crippen LogP contribution in [0.2, 0.25) is 0 Å². The number of unbranched alkanes of at least 4 members (excludes halogenated alkanes) is 2.